The van der Waals surface area contributed by atoms with Gasteiger partial charge in [-0.15, -0.1) is 0 Å². The van der Waals surface area contributed by atoms with Gasteiger partial charge in [0.2, 0.25) is 5.91 Å². The van der Waals surface area contributed by atoms with E-state index < -0.39 is 23.2 Å². The van der Waals surface area contributed by atoms with Gasteiger partial charge in [-0.2, -0.15) is 18.4 Å². The van der Waals surface area contributed by atoms with Gasteiger partial charge in [-0.1, -0.05) is 13.8 Å². The van der Waals surface area contributed by atoms with E-state index in [0.717, 1.165) is 12.1 Å². The van der Waals surface area contributed by atoms with E-state index in [0.29, 0.717) is 0 Å². The largest absolute Gasteiger partial charge is 0.492 e. The van der Waals surface area contributed by atoms with E-state index in [1.54, 1.807) is 27.7 Å². The zero-order chi connectivity index (χ0) is 19.3. The van der Waals surface area contributed by atoms with Gasteiger partial charge in [0.05, 0.1) is 30.5 Å². The molecule has 0 aromatic heterocycles. The van der Waals surface area contributed by atoms with E-state index in [4.69, 9.17) is 4.74 Å². The molecule has 5 nitrogen and oxygen atoms in total. The second-order valence-corrected chi connectivity index (χ2v) is 6.01. The van der Waals surface area contributed by atoms with Crippen molar-refractivity contribution in [3.05, 3.63) is 23.8 Å². The molecule has 1 aromatic carbocycles. The third kappa shape index (κ3) is 5.55. The molecule has 0 bridgehead atoms. The van der Waals surface area contributed by atoms with Gasteiger partial charge in [-0.3, -0.25) is 4.79 Å². The van der Waals surface area contributed by atoms with Crippen LogP contribution in [0, 0.1) is 17.2 Å². The van der Waals surface area contributed by atoms with Crippen molar-refractivity contribution in [1.29, 1.82) is 5.26 Å². The van der Waals surface area contributed by atoms with Gasteiger partial charge in [0.15, 0.2) is 0 Å². The third-order valence-corrected chi connectivity index (χ3v) is 3.83. The number of hydrogen-bond acceptors (Lipinski definition) is 4. The van der Waals surface area contributed by atoms with Crippen molar-refractivity contribution in [2.75, 3.05) is 18.5 Å². The minimum absolute atomic E-state index is 0.0648. The van der Waals surface area contributed by atoms with Crippen LogP contribution in [0.25, 0.3) is 0 Å². The predicted molar refractivity (Wildman–Crippen MR) is 88.1 cm³/mol. The van der Waals surface area contributed by atoms with E-state index in [1.165, 1.54) is 6.07 Å². The molecule has 0 fully saturated rings. The molecule has 0 aliphatic rings. The van der Waals surface area contributed by atoms with E-state index in [9.17, 15) is 23.2 Å². The number of halogens is 3. The number of hydrogen-bond donors (Lipinski definition) is 2. The first-order chi connectivity index (χ1) is 11.5. The molecular weight excluding hydrogens is 335 g/mol. The number of carbonyl (C=O) groups is 1. The molecule has 8 heteroatoms. The molecular formula is C17H22F3N3O2. The first-order valence-corrected chi connectivity index (χ1v) is 7.83. The smallest absolute Gasteiger partial charge is 0.416 e. The molecule has 1 rings (SSSR count). The summed E-state index contributed by atoms with van der Waals surface area (Å²) in [6, 6.07) is 5.05. The lowest BCUT2D eigenvalue weighted by atomic mass is 9.90. The Balaban J connectivity index is 2.91. The summed E-state index contributed by atoms with van der Waals surface area (Å²) in [5.41, 5.74) is -1.84. The van der Waals surface area contributed by atoms with Crippen LogP contribution in [0.15, 0.2) is 18.2 Å². The average Bonchev–Trinajstić information content (AvgIpc) is 2.52. The number of amides is 1. The lowest BCUT2D eigenvalue weighted by Crippen LogP contribution is -2.50. The molecule has 1 amide bonds. The Labute approximate surface area is 145 Å². The van der Waals surface area contributed by atoms with E-state index in [2.05, 4.69) is 10.6 Å². The highest BCUT2D eigenvalue weighted by Gasteiger charge is 2.32. The summed E-state index contributed by atoms with van der Waals surface area (Å²) < 4.78 is 43.9. The second-order valence-electron chi connectivity index (χ2n) is 6.01. The van der Waals surface area contributed by atoms with E-state index in [1.807, 2.05) is 6.07 Å². The Bertz CT molecular complexity index is 654. The number of carbonyl (C=O) groups excluding carboxylic acids is 1. The Kier molecular flexibility index (Phi) is 6.68. The summed E-state index contributed by atoms with van der Waals surface area (Å²) in [6.45, 7) is 6.85. The number of anilines is 1. The van der Waals surface area contributed by atoms with Crippen molar-refractivity contribution in [3.63, 3.8) is 0 Å². The fourth-order valence-electron chi connectivity index (χ4n) is 1.94. The molecule has 138 valence electrons. The van der Waals surface area contributed by atoms with Crippen molar-refractivity contribution in [2.45, 2.75) is 39.4 Å². The summed E-state index contributed by atoms with van der Waals surface area (Å²) in [5.74, 6) is -0.415. The molecule has 0 heterocycles. The van der Waals surface area contributed by atoms with Crippen LogP contribution in [0.5, 0.6) is 5.75 Å². The fourth-order valence-corrected chi connectivity index (χ4v) is 1.94. The van der Waals surface area contributed by atoms with Gasteiger partial charge >= 0.3 is 6.18 Å². The Morgan fingerprint density at radius 1 is 1.36 bits per heavy atom. The summed E-state index contributed by atoms with van der Waals surface area (Å²) >= 11 is 0. The van der Waals surface area contributed by atoms with Crippen molar-refractivity contribution >= 4 is 11.6 Å². The van der Waals surface area contributed by atoms with Gasteiger partial charge in [0.1, 0.15) is 11.3 Å². The van der Waals surface area contributed by atoms with Gasteiger partial charge < -0.3 is 15.4 Å². The molecule has 0 aliphatic carbocycles. The number of benzene rings is 1. The molecule has 1 unspecified atom stereocenters. The number of nitrogens with one attached hydrogen (secondary N) is 2. The Morgan fingerprint density at radius 3 is 2.48 bits per heavy atom. The van der Waals surface area contributed by atoms with Gasteiger partial charge in [-0.25, -0.2) is 0 Å². The first-order valence-electron chi connectivity index (χ1n) is 7.83. The zero-order valence-electron chi connectivity index (χ0n) is 14.6. The first kappa shape index (κ1) is 20.6. The molecule has 1 aromatic rings. The highest BCUT2D eigenvalue weighted by atomic mass is 19.4. The van der Waals surface area contributed by atoms with Crippen molar-refractivity contribution in [3.8, 4) is 11.8 Å². The van der Waals surface area contributed by atoms with Crippen LogP contribution >= 0.6 is 0 Å². The lowest BCUT2D eigenvalue weighted by molar-refractivity contribution is -0.137. The van der Waals surface area contributed by atoms with Crippen LogP contribution in [-0.2, 0) is 11.0 Å². The lowest BCUT2D eigenvalue weighted by Gasteiger charge is -2.27. The van der Waals surface area contributed by atoms with Crippen LogP contribution in [0.2, 0.25) is 0 Å². The normalized spacial score (nSPS) is 13.7. The van der Waals surface area contributed by atoms with E-state index >= 15 is 0 Å². The standard InChI is InChI=1S/C17H22F3N3O2/c1-5-25-14-7-6-12(17(18,19)20)8-13(14)22-9-15(24)23-16(4,10-21)11(2)3/h6-8,11,22H,5,9H2,1-4H3,(H,23,24). The Hall–Kier alpha value is -2.43. The SMILES string of the molecule is CCOc1ccc(C(F)(F)F)cc1NCC(=O)NC(C)(C#N)C(C)C. The molecule has 1 atom stereocenters. The number of alkyl halides is 3. The van der Waals surface area contributed by atoms with Crippen LogP contribution in [0.4, 0.5) is 18.9 Å². The third-order valence-electron chi connectivity index (χ3n) is 3.83. The zero-order valence-corrected chi connectivity index (χ0v) is 14.6. The average molecular weight is 357 g/mol. The molecule has 2 N–H and O–H groups in total. The monoisotopic (exact) mass is 357 g/mol. The number of nitriles is 1. The topological polar surface area (TPSA) is 74.2 Å². The molecule has 0 aliphatic heterocycles. The Morgan fingerprint density at radius 2 is 2.00 bits per heavy atom. The fraction of sp³-hybridized carbons (Fsp3) is 0.529. The molecule has 0 saturated carbocycles. The summed E-state index contributed by atoms with van der Waals surface area (Å²) in [7, 11) is 0. The van der Waals surface area contributed by atoms with Crippen molar-refractivity contribution in [2.24, 2.45) is 5.92 Å². The van der Waals surface area contributed by atoms with Gasteiger partial charge in [0.25, 0.3) is 0 Å². The molecule has 25 heavy (non-hydrogen) atoms. The quantitative estimate of drug-likeness (QED) is 0.782. The molecule has 0 radical (unpaired) electrons. The minimum Gasteiger partial charge on any atom is -0.492 e. The maximum atomic E-state index is 12.9. The highest BCUT2D eigenvalue weighted by Crippen LogP contribution is 2.35. The number of ether oxygens (including phenoxy) is 1. The summed E-state index contributed by atoms with van der Waals surface area (Å²) in [5, 5.41) is 14.4. The van der Waals surface area contributed by atoms with E-state index in [-0.39, 0.29) is 30.5 Å². The maximum absolute atomic E-state index is 12.9. The predicted octanol–water partition coefficient (Wildman–Crippen LogP) is 3.57. The summed E-state index contributed by atoms with van der Waals surface area (Å²) in [6.07, 6.45) is -4.50. The van der Waals surface area contributed by atoms with Crippen LogP contribution in [0.1, 0.15) is 33.3 Å². The van der Waals surface area contributed by atoms with Gasteiger partial charge in [0, 0.05) is 0 Å². The molecule has 0 spiro atoms. The molecule has 0 saturated heterocycles. The van der Waals surface area contributed by atoms with Crippen LogP contribution in [0.3, 0.4) is 0 Å². The summed E-state index contributed by atoms with van der Waals surface area (Å²) in [4.78, 5) is 12.1. The van der Waals surface area contributed by atoms with Crippen molar-refractivity contribution < 1.29 is 22.7 Å². The minimum atomic E-state index is -4.50. The number of rotatable bonds is 7. The van der Waals surface area contributed by atoms with Crippen molar-refractivity contribution in [1.82, 2.24) is 5.32 Å². The second kappa shape index (κ2) is 8.10. The highest BCUT2D eigenvalue weighted by molar-refractivity contribution is 5.82. The maximum Gasteiger partial charge on any atom is 0.416 e. The number of nitrogens with zero attached hydrogens (tertiary/aromatic N) is 1. The van der Waals surface area contributed by atoms with Gasteiger partial charge in [-0.05, 0) is 38.0 Å². The van der Waals surface area contributed by atoms with Crippen LogP contribution < -0.4 is 15.4 Å². The van der Waals surface area contributed by atoms with Crippen LogP contribution in [-0.4, -0.2) is 24.6 Å².